The molecule has 34 heavy (non-hydrogen) atoms. The van der Waals surface area contributed by atoms with E-state index in [1.165, 1.54) is 23.9 Å². The van der Waals surface area contributed by atoms with Gasteiger partial charge in [-0.2, -0.15) is 13.2 Å². The molecule has 1 aromatic heterocycles. The Morgan fingerprint density at radius 3 is 2.71 bits per heavy atom. The number of halogens is 3. The van der Waals surface area contributed by atoms with E-state index in [1.807, 2.05) is 28.8 Å². The number of rotatable bonds is 8. The SMILES string of the molecule is COc1ccc(-c2nnc(SCC(=O)Nc3cccc(C(F)(F)F)c3)n2CC2CCCO2)cc1. The zero-order chi connectivity index (χ0) is 24.1. The molecule has 1 aliphatic heterocycles. The predicted octanol–water partition coefficient (Wildman–Crippen LogP) is 4.88. The van der Waals surface area contributed by atoms with Gasteiger partial charge in [0.2, 0.25) is 5.91 Å². The fourth-order valence-electron chi connectivity index (χ4n) is 3.61. The van der Waals surface area contributed by atoms with Crippen LogP contribution in [0.15, 0.2) is 53.7 Å². The van der Waals surface area contributed by atoms with Gasteiger partial charge in [0.05, 0.1) is 31.1 Å². The van der Waals surface area contributed by atoms with E-state index in [0.29, 0.717) is 24.1 Å². The molecule has 1 saturated heterocycles. The van der Waals surface area contributed by atoms with Crippen molar-refractivity contribution in [1.82, 2.24) is 14.8 Å². The van der Waals surface area contributed by atoms with Gasteiger partial charge < -0.3 is 14.8 Å². The van der Waals surface area contributed by atoms with Crippen molar-refractivity contribution in [3.8, 4) is 17.1 Å². The molecule has 1 N–H and O–H groups in total. The first kappa shape index (κ1) is 24.1. The number of carbonyl (C=O) groups excluding carboxylic acids is 1. The van der Waals surface area contributed by atoms with Gasteiger partial charge in [0.15, 0.2) is 11.0 Å². The lowest BCUT2D eigenvalue weighted by atomic mass is 10.2. The standard InChI is InChI=1S/C23H23F3N4O3S/c1-32-18-9-7-15(8-10-18)21-28-29-22(30(21)13-19-6-3-11-33-19)34-14-20(31)27-17-5-2-4-16(12-17)23(24,25)26/h2,4-5,7-10,12,19H,3,6,11,13-14H2,1H3,(H,27,31). The number of carbonyl (C=O) groups is 1. The monoisotopic (exact) mass is 492 g/mol. The van der Waals surface area contributed by atoms with Crippen molar-refractivity contribution in [3.63, 3.8) is 0 Å². The Bertz CT molecular complexity index is 1130. The fraction of sp³-hybridized carbons (Fsp3) is 0.348. The molecule has 7 nitrogen and oxygen atoms in total. The highest BCUT2D eigenvalue weighted by molar-refractivity contribution is 7.99. The van der Waals surface area contributed by atoms with Gasteiger partial charge in [-0.1, -0.05) is 17.8 Å². The van der Waals surface area contributed by atoms with E-state index in [9.17, 15) is 18.0 Å². The number of alkyl halides is 3. The van der Waals surface area contributed by atoms with Crippen LogP contribution in [0.25, 0.3) is 11.4 Å². The van der Waals surface area contributed by atoms with Gasteiger partial charge in [-0.3, -0.25) is 9.36 Å². The largest absolute Gasteiger partial charge is 0.497 e. The average molecular weight is 493 g/mol. The fourth-order valence-corrected chi connectivity index (χ4v) is 4.35. The smallest absolute Gasteiger partial charge is 0.416 e. The van der Waals surface area contributed by atoms with E-state index in [1.54, 1.807) is 7.11 Å². The second kappa shape index (κ2) is 10.5. The minimum atomic E-state index is -4.48. The van der Waals surface area contributed by atoms with Crippen LogP contribution in [0.3, 0.4) is 0 Å². The summed E-state index contributed by atoms with van der Waals surface area (Å²) in [4.78, 5) is 12.4. The van der Waals surface area contributed by atoms with Crippen molar-refractivity contribution in [2.24, 2.45) is 0 Å². The quantitative estimate of drug-likeness (QED) is 0.452. The summed E-state index contributed by atoms with van der Waals surface area (Å²) in [6.45, 7) is 1.23. The third kappa shape index (κ3) is 5.89. The number of methoxy groups -OCH3 is 1. The minimum Gasteiger partial charge on any atom is -0.497 e. The van der Waals surface area contributed by atoms with Gasteiger partial charge in [-0.25, -0.2) is 0 Å². The van der Waals surface area contributed by atoms with Gasteiger partial charge in [0.25, 0.3) is 0 Å². The molecule has 2 heterocycles. The lowest BCUT2D eigenvalue weighted by Gasteiger charge is -2.15. The molecule has 1 fully saturated rings. The highest BCUT2D eigenvalue weighted by Crippen LogP contribution is 2.31. The van der Waals surface area contributed by atoms with Gasteiger partial charge >= 0.3 is 6.18 Å². The third-order valence-electron chi connectivity index (χ3n) is 5.28. The number of anilines is 1. The van der Waals surface area contributed by atoms with E-state index >= 15 is 0 Å². The molecule has 3 aromatic rings. The third-order valence-corrected chi connectivity index (χ3v) is 6.25. The van der Waals surface area contributed by atoms with Crippen LogP contribution in [0.4, 0.5) is 18.9 Å². The summed E-state index contributed by atoms with van der Waals surface area (Å²) in [6.07, 6.45) is -2.56. The summed E-state index contributed by atoms with van der Waals surface area (Å²) in [6, 6.07) is 12.0. The zero-order valence-electron chi connectivity index (χ0n) is 18.3. The van der Waals surface area contributed by atoms with Crippen molar-refractivity contribution in [2.45, 2.75) is 36.8 Å². The molecule has 1 amide bonds. The molecule has 0 radical (unpaired) electrons. The van der Waals surface area contributed by atoms with Crippen molar-refractivity contribution in [1.29, 1.82) is 0 Å². The van der Waals surface area contributed by atoms with Crippen molar-refractivity contribution < 1.29 is 27.4 Å². The number of nitrogens with zero attached hydrogens (tertiary/aromatic N) is 3. The molecule has 0 spiro atoms. The van der Waals surface area contributed by atoms with Crippen LogP contribution in [0.1, 0.15) is 18.4 Å². The van der Waals surface area contributed by atoms with E-state index < -0.39 is 17.6 Å². The first-order chi connectivity index (χ1) is 16.3. The summed E-state index contributed by atoms with van der Waals surface area (Å²) >= 11 is 1.17. The number of nitrogens with one attached hydrogen (secondary N) is 1. The van der Waals surface area contributed by atoms with Gasteiger partial charge in [-0.05, 0) is 55.3 Å². The molecule has 1 atom stereocenters. The second-order valence-electron chi connectivity index (χ2n) is 7.70. The topological polar surface area (TPSA) is 78.3 Å². The summed E-state index contributed by atoms with van der Waals surface area (Å²) in [7, 11) is 1.59. The second-order valence-corrected chi connectivity index (χ2v) is 8.64. The molecule has 0 aliphatic carbocycles. The van der Waals surface area contributed by atoms with Crippen molar-refractivity contribution >= 4 is 23.4 Å². The summed E-state index contributed by atoms with van der Waals surface area (Å²) in [5.74, 6) is 0.874. The van der Waals surface area contributed by atoms with Crippen LogP contribution in [0.2, 0.25) is 0 Å². The van der Waals surface area contributed by atoms with Crippen LogP contribution < -0.4 is 10.1 Å². The van der Waals surface area contributed by atoms with E-state index in [4.69, 9.17) is 9.47 Å². The van der Waals surface area contributed by atoms with E-state index in [-0.39, 0.29) is 17.5 Å². The van der Waals surface area contributed by atoms with Crippen molar-refractivity contribution in [3.05, 3.63) is 54.1 Å². The highest BCUT2D eigenvalue weighted by atomic mass is 32.2. The van der Waals surface area contributed by atoms with Crippen molar-refractivity contribution in [2.75, 3.05) is 24.8 Å². The number of aromatic nitrogens is 3. The maximum Gasteiger partial charge on any atom is 0.416 e. The Hall–Kier alpha value is -3.05. The molecular formula is C23H23F3N4O3S. The number of hydrogen-bond acceptors (Lipinski definition) is 6. The molecule has 11 heteroatoms. The number of hydrogen-bond donors (Lipinski definition) is 1. The highest BCUT2D eigenvalue weighted by Gasteiger charge is 2.30. The number of thioether (sulfide) groups is 1. The molecule has 0 saturated carbocycles. The molecule has 0 bridgehead atoms. The van der Waals surface area contributed by atoms with Crippen LogP contribution in [-0.2, 0) is 22.3 Å². The Labute approximate surface area is 198 Å². The number of benzene rings is 2. The molecule has 180 valence electrons. The lowest BCUT2D eigenvalue weighted by molar-refractivity contribution is -0.137. The Kier molecular flexibility index (Phi) is 7.42. The maximum atomic E-state index is 12.9. The average Bonchev–Trinajstić information content (AvgIpc) is 3.48. The summed E-state index contributed by atoms with van der Waals surface area (Å²) in [5.41, 5.74) is 0.102. The van der Waals surface area contributed by atoms with Crippen LogP contribution >= 0.6 is 11.8 Å². The van der Waals surface area contributed by atoms with Gasteiger partial charge in [0, 0.05) is 17.9 Å². The molecule has 4 rings (SSSR count). The maximum absolute atomic E-state index is 12.9. The predicted molar refractivity (Wildman–Crippen MR) is 122 cm³/mol. The van der Waals surface area contributed by atoms with Crippen LogP contribution in [0.5, 0.6) is 5.75 Å². The number of amides is 1. The first-order valence-corrected chi connectivity index (χ1v) is 11.6. The minimum absolute atomic E-state index is 0.0197. The first-order valence-electron chi connectivity index (χ1n) is 10.6. The Morgan fingerprint density at radius 1 is 1.24 bits per heavy atom. The van der Waals surface area contributed by atoms with Gasteiger partial charge in [0.1, 0.15) is 5.75 Å². The van der Waals surface area contributed by atoms with E-state index in [2.05, 4.69) is 15.5 Å². The molecule has 1 aliphatic rings. The Balaban J connectivity index is 1.48. The summed E-state index contributed by atoms with van der Waals surface area (Å²) in [5, 5.41) is 11.6. The normalized spacial score (nSPS) is 15.9. The van der Waals surface area contributed by atoms with Gasteiger partial charge in [-0.15, -0.1) is 10.2 Å². The van der Waals surface area contributed by atoms with Crippen LogP contribution in [-0.4, -0.2) is 46.2 Å². The van der Waals surface area contributed by atoms with E-state index in [0.717, 1.165) is 36.3 Å². The molecular weight excluding hydrogens is 469 g/mol. The Morgan fingerprint density at radius 2 is 2.03 bits per heavy atom. The van der Waals surface area contributed by atoms with Crippen LogP contribution in [0, 0.1) is 0 Å². The molecule has 1 unspecified atom stereocenters. The lowest BCUT2D eigenvalue weighted by Crippen LogP contribution is -2.18. The molecule has 2 aromatic carbocycles. The zero-order valence-corrected chi connectivity index (χ0v) is 19.2. The summed E-state index contributed by atoms with van der Waals surface area (Å²) < 4.78 is 51.7. The number of ether oxygens (including phenoxy) is 2.